The van der Waals surface area contributed by atoms with Gasteiger partial charge in [-0.15, -0.1) is 11.3 Å². The van der Waals surface area contributed by atoms with Gasteiger partial charge in [0.2, 0.25) is 5.28 Å². The molecule has 0 spiro atoms. The van der Waals surface area contributed by atoms with Gasteiger partial charge in [-0.05, 0) is 49.1 Å². The number of benzene rings is 1. The monoisotopic (exact) mass is 465 g/mol. The Balaban J connectivity index is 1.83. The SMILES string of the molecule is Cc1sc2nc(Cl)nc(N3CCC(C(=O)O)CC3)c2c1-c1ccc(Br)cc1. The van der Waals surface area contributed by atoms with E-state index in [4.69, 9.17) is 11.6 Å². The van der Waals surface area contributed by atoms with E-state index < -0.39 is 5.97 Å². The van der Waals surface area contributed by atoms with Crippen LogP contribution in [0.1, 0.15) is 17.7 Å². The molecule has 0 radical (unpaired) electrons. The van der Waals surface area contributed by atoms with E-state index in [1.165, 1.54) is 0 Å². The summed E-state index contributed by atoms with van der Waals surface area (Å²) in [5, 5.41) is 10.5. The second-order valence-electron chi connectivity index (χ2n) is 6.64. The minimum Gasteiger partial charge on any atom is -0.481 e. The van der Waals surface area contributed by atoms with Crippen molar-refractivity contribution in [3.8, 4) is 11.1 Å². The van der Waals surface area contributed by atoms with E-state index in [1.807, 2.05) is 12.1 Å². The van der Waals surface area contributed by atoms with E-state index in [1.54, 1.807) is 11.3 Å². The van der Waals surface area contributed by atoms with Gasteiger partial charge in [0.25, 0.3) is 0 Å². The molecule has 0 amide bonds. The molecule has 3 aromatic rings. The third-order valence-corrected chi connectivity index (χ3v) is 6.65. The van der Waals surface area contributed by atoms with Crippen LogP contribution in [0, 0.1) is 12.8 Å². The Morgan fingerprint density at radius 2 is 1.93 bits per heavy atom. The number of nitrogens with zero attached hydrogens (tertiary/aromatic N) is 3. The lowest BCUT2D eigenvalue weighted by atomic mass is 9.96. The number of rotatable bonds is 3. The molecule has 1 aromatic carbocycles. The summed E-state index contributed by atoms with van der Waals surface area (Å²) in [6.45, 7) is 3.38. The molecule has 0 saturated carbocycles. The number of anilines is 1. The third kappa shape index (κ3) is 3.56. The summed E-state index contributed by atoms with van der Waals surface area (Å²) in [6, 6.07) is 8.20. The molecule has 1 aliphatic rings. The Morgan fingerprint density at radius 1 is 1.26 bits per heavy atom. The van der Waals surface area contributed by atoms with Gasteiger partial charge in [-0.25, -0.2) is 4.98 Å². The van der Waals surface area contributed by atoms with Crippen LogP contribution >= 0.6 is 38.9 Å². The fourth-order valence-electron chi connectivity index (χ4n) is 3.60. The molecule has 0 bridgehead atoms. The molecular formula is C19H17BrClN3O2S. The minimum atomic E-state index is -0.720. The van der Waals surface area contributed by atoms with Crippen LogP contribution in [0.3, 0.4) is 0 Å². The Hall–Kier alpha value is -1.70. The number of hydrogen-bond acceptors (Lipinski definition) is 5. The molecule has 1 N–H and O–H groups in total. The zero-order chi connectivity index (χ0) is 19.1. The largest absolute Gasteiger partial charge is 0.481 e. The van der Waals surface area contributed by atoms with E-state index >= 15 is 0 Å². The average Bonchev–Trinajstić information content (AvgIpc) is 2.97. The summed E-state index contributed by atoms with van der Waals surface area (Å²) in [5.74, 6) is -0.206. The number of fused-ring (bicyclic) bond motifs is 1. The Bertz CT molecular complexity index is 1010. The average molecular weight is 467 g/mol. The molecule has 0 atom stereocenters. The Kier molecular flexibility index (Phi) is 5.09. The van der Waals surface area contributed by atoms with Gasteiger partial charge in [-0.2, -0.15) is 4.98 Å². The van der Waals surface area contributed by atoms with E-state index in [-0.39, 0.29) is 11.2 Å². The fourth-order valence-corrected chi connectivity index (χ4v) is 5.12. The van der Waals surface area contributed by atoms with Crippen LogP contribution < -0.4 is 4.90 Å². The molecule has 140 valence electrons. The Labute approximate surface area is 174 Å². The summed E-state index contributed by atoms with van der Waals surface area (Å²) in [5.41, 5.74) is 2.23. The normalized spacial score (nSPS) is 15.4. The van der Waals surface area contributed by atoms with Crippen molar-refractivity contribution in [2.45, 2.75) is 19.8 Å². The van der Waals surface area contributed by atoms with E-state index in [0.717, 1.165) is 36.5 Å². The highest BCUT2D eigenvalue weighted by Crippen LogP contribution is 2.43. The first kappa shape index (κ1) is 18.7. The lowest BCUT2D eigenvalue weighted by molar-refractivity contribution is -0.142. The maximum absolute atomic E-state index is 11.3. The van der Waals surface area contributed by atoms with Crippen LogP contribution in [0.5, 0.6) is 0 Å². The number of aromatic nitrogens is 2. The number of hydrogen-bond donors (Lipinski definition) is 1. The molecule has 1 aliphatic heterocycles. The van der Waals surface area contributed by atoms with Crippen molar-refractivity contribution < 1.29 is 9.90 Å². The number of carboxylic acid groups (broad SMARTS) is 1. The molecule has 2 aromatic heterocycles. The van der Waals surface area contributed by atoms with E-state index in [9.17, 15) is 9.90 Å². The van der Waals surface area contributed by atoms with Crippen molar-refractivity contribution in [3.63, 3.8) is 0 Å². The quantitative estimate of drug-likeness (QED) is 0.525. The van der Waals surface area contributed by atoms with Crippen LogP contribution in [0.4, 0.5) is 5.82 Å². The summed E-state index contributed by atoms with van der Waals surface area (Å²) in [7, 11) is 0. The Morgan fingerprint density at radius 3 is 2.56 bits per heavy atom. The molecule has 0 unspecified atom stereocenters. The first-order valence-corrected chi connectivity index (χ1v) is 10.6. The molecule has 27 heavy (non-hydrogen) atoms. The van der Waals surface area contributed by atoms with Crippen molar-refractivity contribution >= 4 is 60.9 Å². The first-order chi connectivity index (χ1) is 12.9. The number of halogens is 2. The zero-order valence-electron chi connectivity index (χ0n) is 14.6. The van der Waals surface area contributed by atoms with Gasteiger partial charge < -0.3 is 10.0 Å². The van der Waals surface area contributed by atoms with Crippen molar-refractivity contribution in [2.24, 2.45) is 5.92 Å². The maximum atomic E-state index is 11.3. The summed E-state index contributed by atoms with van der Waals surface area (Å²) >= 11 is 11.3. The van der Waals surface area contributed by atoms with Gasteiger partial charge in [0.1, 0.15) is 10.6 Å². The molecule has 1 fully saturated rings. The van der Waals surface area contributed by atoms with Crippen LogP contribution in [0.2, 0.25) is 5.28 Å². The second kappa shape index (κ2) is 7.37. The van der Waals surface area contributed by atoms with Gasteiger partial charge in [0, 0.05) is 28.0 Å². The van der Waals surface area contributed by atoms with E-state index in [2.05, 4.69) is 49.9 Å². The van der Waals surface area contributed by atoms with Crippen molar-refractivity contribution in [1.29, 1.82) is 0 Å². The van der Waals surface area contributed by atoms with Crippen LogP contribution in [-0.4, -0.2) is 34.1 Å². The third-order valence-electron chi connectivity index (χ3n) is 4.96. The smallest absolute Gasteiger partial charge is 0.306 e. The highest BCUT2D eigenvalue weighted by molar-refractivity contribution is 9.10. The molecule has 5 nitrogen and oxygen atoms in total. The molecule has 8 heteroatoms. The van der Waals surface area contributed by atoms with Crippen LogP contribution in [-0.2, 0) is 4.79 Å². The van der Waals surface area contributed by atoms with E-state index in [0.29, 0.717) is 25.9 Å². The number of aryl methyl sites for hydroxylation is 1. The minimum absolute atomic E-state index is 0.224. The topological polar surface area (TPSA) is 66.3 Å². The predicted octanol–water partition coefficient (Wildman–Crippen LogP) is 5.38. The lowest BCUT2D eigenvalue weighted by Gasteiger charge is -2.31. The molecule has 1 saturated heterocycles. The van der Waals surface area contributed by atoms with Crippen LogP contribution in [0.15, 0.2) is 28.7 Å². The number of thiophene rings is 1. The number of carbonyl (C=O) groups is 1. The van der Waals surface area contributed by atoms with Gasteiger partial charge in [-0.3, -0.25) is 4.79 Å². The molecule has 4 rings (SSSR count). The summed E-state index contributed by atoms with van der Waals surface area (Å²) in [4.78, 5) is 24.4. The zero-order valence-corrected chi connectivity index (χ0v) is 17.7. The molecular weight excluding hydrogens is 450 g/mol. The lowest BCUT2D eigenvalue weighted by Crippen LogP contribution is -2.37. The maximum Gasteiger partial charge on any atom is 0.306 e. The molecule has 3 heterocycles. The number of carboxylic acids is 1. The van der Waals surface area contributed by atoms with Crippen molar-refractivity contribution in [2.75, 3.05) is 18.0 Å². The van der Waals surface area contributed by atoms with Crippen molar-refractivity contribution in [3.05, 3.63) is 38.9 Å². The number of aliphatic carboxylic acids is 1. The molecule has 0 aliphatic carbocycles. The standard InChI is InChI=1S/C19H17BrClN3O2S/c1-10-14(11-2-4-13(20)5-3-11)15-16(22-19(21)23-17(15)27-10)24-8-6-12(7-9-24)18(25)26/h2-5,12H,6-9H2,1H3,(H,25,26). The first-order valence-electron chi connectivity index (χ1n) is 8.64. The van der Waals surface area contributed by atoms with Gasteiger partial charge >= 0.3 is 5.97 Å². The van der Waals surface area contributed by atoms with Gasteiger partial charge in [0.05, 0.1) is 11.3 Å². The number of piperidine rings is 1. The summed E-state index contributed by atoms with van der Waals surface area (Å²) < 4.78 is 1.03. The van der Waals surface area contributed by atoms with Crippen LogP contribution in [0.25, 0.3) is 21.3 Å². The van der Waals surface area contributed by atoms with Gasteiger partial charge in [0.15, 0.2) is 0 Å². The predicted molar refractivity (Wildman–Crippen MR) is 113 cm³/mol. The highest BCUT2D eigenvalue weighted by Gasteiger charge is 2.28. The highest BCUT2D eigenvalue weighted by atomic mass is 79.9. The van der Waals surface area contributed by atoms with Crippen molar-refractivity contribution in [1.82, 2.24) is 9.97 Å². The fraction of sp³-hybridized carbons (Fsp3) is 0.316. The summed E-state index contributed by atoms with van der Waals surface area (Å²) in [6.07, 6.45) is 1.21. The van der Waals surface area contributed by atoms with Gasteiger partial charge in [-0.1, -0.05) is 28.1 Å². The second-order valence-corrected chi connectivity index (χ2v) is 9.09.